The van der Waals surface area contributed by atoms with Crippen LogP contribution in [0.15, 0.2) is 17.6 Å². The van der Waals surface area contributed by atoms with Crippen LogP contribution in [-0.2, 0) is 17.1 Å². The second-order valence-corrected chi connectivity index (χ2v) is 5.72. The summed E-state index contributed by atoms with van der Waals surface area (Å²) in [4.78, 5) is 4.04. The minimum Gasteiger partial charge on any atom is -0.393 e. The molecule has 0 radical (unpaired) electrons. The number of nitrogens with zero attached hydrogens (tertiary/aromatic N) is 2. The summed E-state index contributed by atoms with van der Waals surface area (Å²) < 4.78 is 27.4. The molecule has 0 aliphatic carbocycles. The fraction of sp³-hybridized carbons (Fsp3) is 0.500. The number of sulfonamides is 1. The van der Waals surface area contributed by atoms with E-state index in [1.807, 2.05) is 0 Å². The first-order valence-corrected chi connectivity index (χ1v) is 6.49. The first kappa shape index (κ1) is 13.1. The lowest BCUT2D eigenvalue weighted by atomic mass is 10.2. The largest absolute Gasteiger partial charge is 0.393 e. The van der Waals surface area contributed by atoms with Gasteiger partial charge in [0.2, 0.25) is 0 Å². The average Bonchev–Trinajstić information content (AvgIpc) is 2.61. The Morgan fingerprint density at radius 1 is 1.75 bits per heavy atom. The predicted molar refractivity (Wildman–Crippen MR) is 64.3 cm³/mol. The van der Waals surface area contributed by atoms with Crippen molar-refractivity contribution < 1.29 is 8.42 Å². The third kappa shape index (κ3) is 3.26. The fourth-order valence-corrected chi connectivity index (χ4v) is 2.13. The fourth-order valence-electron chi connectivity index (χ4n) is 0.937. The van der Waals surface area contributed by atoms with Gasteiger partial charge >= 0.3 is 0 Å². The lowest BCUT2D eigenvalue weighted by Gasteiger charge is -2.09. The van der Waals surface area contributed by atoms with E-state index in [4.69, 9.17) is 18.0 Å². The molecule has 1 rings (SSSR count). The van der Waals surface area contributed by atoms with Crippen LogP contribution < -0.4 is 10.5 Å². The van der Waals surface area contributed by atoms with Gasteiger partial charge in [-0.2, -0.15) is 0 Å². The molecule has 0 aliphatic rings. The van der Waals surface area contributed by atoms with Crippen molar-refractivity contribution >= 4 is 27.2 Å². The van der Waals surface area contributed by atoms with Crippen molar-refractivity contribution in [2.45, 2.75) is 11.9 Å². The van der Waals surface area contributed by atoms with Gasteiger partial charge in [-0.25, -0.2) is 18.1 Å². The Morgan fingerprint density at radius 3 is 2.81 bits per heavy atom. The molecule has 1 aromatic rings. The smallest absolute Gasteiger partial charge is 0.259 e. The normalized spacial score (nSPS) is 13.6. The summed E-state index contributed by atoms with van der Waals surface area (Å²) in [6.07, 6.45) is 2.85. The SMILES string of the molecule is CC(CNS(=O)(=O)c1cn(C)cn1)C(N)=S. The van der Waals surface area contributed by atoms with Crippen molar-refractivity contribution in [3.63, 3.8) is 0 Å². The molecule has 0 saturated carbocycles. The highest BCUT2D eigenvalue weighted by molar-refractivity contribution is 7.89. The molecule has 8 heteroatoms. The monoisotopic (exact) mass is 262 g/mol. The molecule has 0 fully saturated rings. The molecule has 3 N–H and O–H groups in total. The van der Waals surface area contributed by atoms with Crippen molar-refractivity contribution in [1.29, 1.82) is 0 Å². The maximum Gasteiger partial charge on any atom is 0.259 e. The Bertz CT molecular complexity index is 480. The Kier molecular flexibility index (Phi) is 4.00. The van der Waals surface area contributed by atoms with Gasteiger partial charge < -0.3 is 10.3 Å². The standard InChI is InChI=1S/C8H14N4O2S2/c1-6(8(9)15)3-11-16(13,14)7-4-12(2)5-10-7/h4-6,11H,3H2,1-2H3,(H2,9,15). The van der Waals surface area contributed by atoms with Crippen molar-refractivity contribution in [1.82, 2.24) is 14.3 Å². The van der Waals surface area contributed by atoms with E-state index in [1.54, 1.807) is 18.5 Å². The van der Waals surface area contributed by atoms with Crippen molar-refractivity contribution in [2.75, 3.05) is 6.54 Å². The Hall–Kier alpha value is -0.990. The zero-order valence-electron chi connectivity index (χ0n) is 9.04. The molecule has 6 nitrogen and oxygen atoms in total. The molecule has 0 amide bonds. The van der Waals surface area contributed by atoms with Crippen LogP contribution in [0.2, 0.25) is 0 Å². The molecule has 0 aliphatic heterocycles. The molecule has 16 heavy (non-hydrogen) atoms. The van der Waals surface area contributed by atoms with Gasteiger partial charge in [0.1, 0.15) is 0 Å². The molecule has 0 bridgehead atoms. The Morgan fingerprint density at radius 2 is 2.38 bits per heavy atom. The van der Waals surface area contributed by atoms with Crippen molar-refractivity contribution in [2.24, 2.45) is 18.7 Å². The van der Waals surface area contributed by atoms with Crippen LogP contribution in [0.4, 0.5) is 0 Å². The Labute approximate surface area is 99.9 Å². The van der Waals surface area contributed by atoms with E-state index in [0.717, 1.165) is 0 Å². The third-order valence-corrected chi connectivity index (χ3v) is 3.73. The number of hydrogen-bond acceptors (Lipinski definition) is 4. The quantitative estimate of drug-likeness (QED) is 0.706. The molecule has 1 aromatic heterocycles. The zero-order chi connectivity index (χ0) is 12.3. The van der Waals surface area contributed by atoms with Crippen LogP contribution in [-0.4, -0.2) is 29.5 Å². The molecule has 1 unspecified atom stereocenters. The number of nitrogens with two attached hydrogens (primary N) is 1. The van der Waals surface area contributed by atoms with Gasteiger partial charge in [-0.3, -0.25) is 0 Å². The van der Waals surface area contributed by atoms with Crippen LogP contribution in [0.3, 0.4) is 0 Å². The summed E-state index contributed by atoms with van der Waals surface area (Å²) in [5.41, 5.74) is 5.38. The number of rotatable bonds is 5. The molecule has 0 spiro atoms. The van der Waals surface area contributed by atoms with E-state index in [0.29, 0.717) is 0 Å². The van der Waals surface area contributed by atoms with Crippen LogP contribution in [0.25, 0.3) is 0 Å². The molecule has 0 aromatic carbocycles. The summed E-state index contributed by atoms with van der Waals surface area (Å²) in [5.74, 6) is -0.187. The number of hydrogen-bond donors (Lipinski definition) is 2. The first-order valence-electron chi connectivity index (χ1n) is 4.60. The third-order valence-electron chi connectivity index (χ3n) is 2.02. The minimum atomic E-state index is -3.57. The van der Waals surface area contributed by atoms with E-state index in [2.05, 4.69) is 9.71 Å². The zero-order valence-corrected chi connectivity index (χ0v) is 10.7. The molecule has 1 atom stereocenters. The maximum absolute atomic E-state index is 11.7. The summed E-state index contributed by atoms with van der Waals surface area (Å²) >= 11 is 4.75. The number of aromatic nitrogens is 2. The van der Waals surface area contributed by atoms with E-state index in [1.165, 1.54) is 12.5 Å². The highest BCUT2D eigenvalue weighted by Crippen LogP contribution is 2.04. The van der Waals surface area contributed by atoms with Crippen LogP contribution in [0.1, 0.15) is 6.92 Å². The summed E-state index contributed by atoms with van der Waals surface area (Å²) in [6, 6.07) is 0. The van der Waals surface area contributed by atoms with Gasteiger partial charge in [0, 0.05) is 25.7 Å². The molecule has 0 saturated heterocycles. The molecule has 90 valence electrons. The average molecular weight is 262 g/mol. The first-order chi connectivity index (χ1) is 7.33. The summed E-state index contributed by atoms with van der Waals surface area (Å²) in [7, 11) is -1.87. The van der Waals surface area contributed by atoms with Gasteiger partial charge in [0.05, 0.1) is 11.3 Å². The summed E-state index contributed by atoms with van der Waals surface area (Å²) in [6.45, 7) is 1.93. The van der Waals surface area contributed by atoms with Gasteiger partial charge in [-0.1, -0.05) is 19.1 Å². The van der Waals surface area contributed by atoms with Gasteiger partial charge in [0.25, 0.3) is 10.0 Å². The minimum absolute atomic E-state index is 0.00913. The molecule has 1 heterocycles. The predicted octanol–water partition coefficient (Wildman–Crippen LogP) is -0.379. The summed E-state index contributed by atoms with van der Waals surface area (Å²) in [5, 5.41) is -0.00913. The highest BCUT2D eigenvalue weighted by Gasteiger charge is 2.18. The lowest BCUT2D eigenvalue weighted by molar-refractivity contribution is 0.572. The lowest BCUT2D eigenvalue weighted by Crippen LogP contribution is -2.33. The van der Waals surface area contributed by atoms with Gasteiger partial charge in [-0.05, 0) is 0 Å². The van der Waals surface area contributed by atoms with E-state index >= 15 is 0 Å². The van der Waals surface area contributed by atoms with Crippen molar-refractivity contribution in [3.8, 4) is 0 Å². The van der Waals surface area contributed by atoms with Crippen molar-refractivity contribution in [3.05, 3.63) is 12.5 Å². The topological polar surface area (TPSA) is 90.0 Å². The molecular formula is C8H14N4O2S2. The second kappa shape index (κ2) is 4.89. The Balaban J connectivity index is 2.70. The molecular weight excluding hydrogens is 248 g/mol. The van der Waals surface area contributed by atoms with E-state index in [-0.39, 0.29) is 22.5 Å². The maximum atomic E-state index is 11.7. The number of imidazole rings is 1. The van der Waals surface area contributed by atoms with E-state index < -0.39 is 10.0 Å². The van der Waals surface area contributed by atoms with Crippen LogP contribution in [0.5, 0.6) is 0 Å². The van der Waals surface area contributed by atoms with Gasteiger partial charge in [0.15, 0.2) is 5.03 Å². The number of nitrogens with one attached hydrogen (secondary N) is 1. The number of thiocarbonyl (C=S) groups is 1. The van der Waals surface area contributed by atoms with Gasteiger partial charge in [-0.15, -0.1) is 0 Å². The van der Waals surface area contributed by atoms with Crippen LogP contribution >= 0.6 is 12.2 Å². The number of aryl methyl sites for hydroxylation is 1. The van der Waals surface area contributed by atoms with Crippen LogP contribution in [0, 0.1) is 5.92 Å². The second-order valence-electron chi connectivity index (χ2n) is 3.53. The highest BCUT2D eigenvalue weighted by atomic mass is 32.2. The van der Waals surface area contributed by atoms with E-state index in [9.17, 15) is 8.42 Å².